The first kappa shape index (κ1) is 24.2. The molecule has 4 heteroatoms. The average Bonchev–Trinajstić information content (AvgIpc) is 3.68. The first-order chi connectivity index (χ1) is 21.3. The zero-order chi connectivity index (χ0) is 28.3. The van der Waals surface area contributed by atoms with E-state index in [0.717, 1.165) is 44.5 Å². The number of hydrogen-bond acceptors (Lipinski definition) is 4. The van der Waals surface area contributed by atoms with Gasteiger partial charge in [0.15, 0.2) is 5.58 Å². The quantitative estimate of drug-likeness (QED) is 0.198. The molecular formula is C39H24N2OS. The molecule has 0 aliphatic heterocycles. The average molecular weight is 569 g/mol. The molecule has 9 rings (SSSR count). The van der Waals surface area contributed by atoms with Crippen LogP contribution in [0.2, 0.25) is 0 Å². The third-order valence-electron chi connectivity index (χ3n) is 8.28. The molecule has 0 fully saturated rings. The summed E-state index contributed by atoms with van der Waals surface area (Å²) in [5, 5.41) is 7.16. The van der Waals surface area contributed by atoms with Crippen molar-refractivity contribution in [2.45, 2.75) is 0 Å². The lowest BCUT2D eigenvalue weighted by Gasteiger charge is -2.25. The van der Waals surface area contributed by atoms with E-state index in [4.69, 9.17) is 9.40 Å². The molecule has 7 aromatic carbocycles. The second kappa shape index (κ2) is 9.55. The van der Waals surface area contributed by atoms with Crippen LogP contribution in [0.3, 0.4) is 0 Å². The van der Waals surface area contributed by atoms with Gasteiger partial charge >= 0.3 is 0 Å². The Balaban J connectivity index is 1.17. The summed E-state index contributed by atoms with van der Waals surface area (Å²) in [4.78, 5) is 7.33. The molecule has 0 radical (unpaired) electrons. The maximum Gasteiger partial charge on any atom is 0.227 e. The first-order valence-electron chi connectivity index (χ1n) is 14.4. The fourth-order valence-electron chi connectivity index (χ4n) is 6.28. The minimum absolute atomic E-state index is 0.626. The van der Waals surface area contributed by atoms with Crippen molar-refractivity contribution in [3.63, 3.8) is 0 Å². The van der Waals surface area contributed by atoms with Crippen LogP contribution in [0.25, 0.3) is 64.3 Å². The SMILES string of the molecule is c1ccc(N(c2ccc(-c3nc4c5ccccc5c5ccccc5c4o3)cc2)c2ccc3c(c2)sc2ccccc23)cc1. The maximum atomic E-state index is 6.50. The van der Waals surface area contributed by atoms with Gasteiger partial charge in [0.25, 0.3) is 0 Å². The van der Waals surface area contributed by atoms with E-state index in [1.165, 1.54) is 30.9 Å². The van der Waals surface area contributed by atoms with Crippen molar-refractivity contribution < 1.29 is 4.42 Å². The summed E-state index contributed by atoms with van der Waals surface area (Å²) in [6.45, 7) is 0. The Hall–Kier alpha value is -5.45. The maximum absolute atomic E-state index is 6.50. The highest BCUT2D eigenvalue weighted by Crippen LogP contribution is 2.41. The van der Waals surface area contributed by atoms with E-state index in [1.54, 1.807) is 0 Å². The monoisotopic (exact) mass is 568 g/mol. The van der Waals surface area contributed by atoms with Crippen molar-refractivity contribution in [2.75, 3.05) is 4.90 Å². The molecule has 0 N–H and O–H groups in total. The van der Waals surface area contributed by atoms with Gasteiger partial charge in [0.2, 0.25) is 5.89 Å². The smallest absolute Gasteiger partial charge is 0.227 e. The molecule has 0 bridgehead atoms. The highest BCUT2D eigenvalue weighted by molar-refractivity contribution is 7.25. The third-order valence-corrected chi connectivity index (χ3v) is 9.41. The van der Waals surface area contributed by atoms with Gasteiger partial charge in [0.05, 0.1) is 0 Å². The number of hydrogen-bond donors (Lipinski definition) is 0. The van der Waals surface area contributed by atoms with Crippen LogP contribution in [0.4, 0.5) is 17.1 Å². The normalized spacial score (nSPS) is 11.7. The van der Waals surface area contributed by atoms with Gasteiger partial charge in [-0.05, 0) is 65.4 Å². The summed E-state index contributed by atoms with van der Waals surface area (Å²) in [6.07, 6.45) is 0. The Morgan fingerprint density at radius 2 is 1.05 bits per heavy atom. The summed E-state index contributed by atoms with van der Waals surface area (Å²) in [7, 11) is 0. The van der Waals surface area contributed by atoms with Crippen LogP contribution >= 0.6 is 11.3 Å². The number of rotatable bonds is 4. The van der Waals surface area contributed by atoms with Gasteiger partial charge in [-0.3, -0.25) is 0 Å². The van der Waals surface area contributed by atoms with E-state index in [-0.39, 0.29) is 0 Å². The van der Waals surface area contributed by atoms with Crippen molar-refractivity contribution in [1.29, 1.82) is 0 Å². The summed E-state index contributed by atoms with van der Waals surface area (Å²) >= 11 is 1.84. The van der Waals surface area contributed by atoms with Crippen LogP contribution in [-0.4, -0.2) is 4.98 Å². The standard InChI is InChI=1S/C39H24N2OS/c1-2-10-26(11-3-1)41(28-22-23-32-31-14-8-9-17-35(31)43-36(32)24-28)27-20-18-25(19-21-27)39-40-37-33-15-6-4-12-29(33)30-13-5-7-16-34(30)38(37)42-39/h1-24H. The molecule has 0 amide bonds. The van der Waals surface area contributed by atoms with Crippen LogP contribution in [0.5, 0.6) is 0 Å². The van der Waals surface area contributed by atoms with Crippen LogP contribution in [0, 0.1) is 0 Å². The van der Waals surface area contributed by atoms with Gasteiger partial charge in [-0.1, -0.05) is 91.0 Å². The predicted molar refractivity (Wildman–Crippen MR) is 182 cm³/mol. The number of fused-ring (bicyclic) bond motifs is 9. The van der Waals surface area contributed by atoms with Crippen molar-refractivity contribution >= 4 is 81.2 Å². The van der Waals surface area contributed by atoms with Crippen LogP contribution in [-0.2, 0) is 0 Å². The number of nitrogens with zero attached hydrogens (tertiary/aromatic N) is 2. The molecule has 0 aliphatic carbocycles. The molecule has 202 valence electrons. The molecule has 3 nitrogen and oxygen atoms in total. The molecule has 2 heterocycles. The van der Waals surface area contributed by atoms with Crippen LogP contribution < -0.4 is 4.90 Å². The molecule has 0 saturated heterocycles. The molecule has 0 spiro atoms. The zero-order valence-corrected chi connectivity index (χ0v) is 23.9. The summed E-state index contributed by atoms with van der Waals surface area (Å²) in [6, 6.07) is 51.3. The summed E-state index contributed by atoms with van der Waals surface area (Å²) in [5.74, 6) is 0.626. The summed E-state index contributed by atoms with van der Waals surface area (Å²) in [5.41, 5.74) is 5.98. The van der Waals surface area contributed by atoms with E-state index in [1.807, 2.05) is 11.3 Å². The predicted octanol–water partition coefficient (Wildman–Crippen LogP) is 11.6. The fraction of sp³-hybridized carbons (Fsp3) is 0. The Morgan fingerprint density at radius 1 is 0.465 bits per heavy atom. The van der Waals surface area contributed by atoms with E-state index in [2.05, 4.69) is 150 Å². The Morgan fingerprint density at radius 3 is 1.84 bits per heavy atom. The zero-order valence-electron chi connectivity index (χ0n) is 23.1. The number of oxazole rings is 1. The fourth-order valence-corrected chi connectivity index (χ4v) is 7.42. The molecular weight excluding hydrogens is 545 g/mol. The number of aromatic nitrogens is 1. The minimum Gasteiger partial charge on any atom is -0.435 e. The van der Waals surface area contributed by atoms with Crippen molar-refractivity contribution in [1.82, 2.24) is 4.98 Å². The Bertz CT molecular complexity index is 2380. The highest BCUT2D eigenvalue weighted by Gasteiger charge is 2.18. The Kier molecular flexibility index (Phi) is 5.37. The first-order valence-corrected chi connectivity index (χ1v) is 15.2. The molecule has 0 aliphatic rings. The van der Waals surface area contributed by atoms with E-state index < -0.39 is 0 Å². The molecule has 43 heavy (non-hydrogen) atoms. The Labute approximate surface area is 251 Å². The molecule has 2 aromatic heterocycles. The van der Waals surface area contributed by atoms with Gasteiger partial charge in [-0.2, -0.15) is 0 Å². The summed E-state index contributed by atoms with van der Waals surface area (Å²) < 4.78 is 9.09. The van der Waals surface area contributed by atoms with E-state index in [0.29, 0.717) is 5.89 Å². The third kappa shape index (κ3) is 3.84. The second-order valence-corrected chi connectivity index (χ2v) is 11.9. The van der Waals surface area contributed by atoms with Crippen LogP contribution in [0.15, 0.2) is 150 Å². The number of para-hydroxylation sites is 1. The van der Waals surface area contributed by atoms with E-state index >= 15 is 0 Å². The van der Waals surface area contributed by atoms with Crippen LogP contribution in [0.1, 0.15) is 0 Å². The largest absolute Gasteiger partial charge is 0.435 e. The lowest BCUT2D eigenvalue weighted by Crippen LogP contribution is -2.09. The van der Waals surface area contributed by atoms with Gasteiger partial charge in [-0.25, -0.2) is 4.98 Å². The van der Waals surface area contributed by atoms with Gasteiger partial charge in [0.1, 0.15) is 5.52 Å². The lowest BCUT2D eigenvalue weighted by molar-refractivity contribution is 0.623. The number of thiophene rings is 1. The van der Waals surface area contributed by atoms with Gasteiger partial charge in [0, 0.05) is 53.6 Å². The van der Waals surface area contributed by atoms with Gasteiger partial charge < -0.3 is 9.32 Å². The lowest BCUT2D eigenvalue weighted by atomic mass is 10.0. The molecule has 0 atom stereocenters. The topological polar surface area (TPSA) is 29.3 Å². The van der Waals surface area contributed by atoms with E-state index in [9.17, 15) is 0 Å². The van der Waals surface area contributed by atoms with Crippen molar-refractivity contribution in [3.05, 3.63) is 146 Å². The highest BCUT2D eigenvalue weighted by atomic mass is 32.1. The number of anilines is 3. The van der Waals surface area contributed by atoms with Crippen molar-refractivity contribution in [2.24, 2.45) is 0 Å². The second-order valence-electron chi connectivity index (χ2n) is 10.8. The molecule has 0 saturated carbocycles. The van der Waals surface area contributed by atoms with Crippen molar-refractivity contribution in [3.8, 4) is 11.5 Å². The number of benzene rings is 7. The minimum atomic E-state index is 0.626. The molecule has 0 unspecified atom stereocenters. The molecule has 9 aromatic rings. The van der Waals surface area contributed by atoms with Gasteiger partial charge in [-0.15, -0.1) is 11.3 Å².